The number of carboxylic acids is 1. The van der Waals surface area contributed by atoms with Gasteiger partial charge in [0.05, 0.1) is 10.5 Å². The highest BCUT2D eigenvalue weighted by Gasteiger charge is 2.25. The Labute approximate surface area is 131 Å². The molecule has 0 atom stereocenters. The first-order valence-electron chi connectivity index (χ1n) is 7.39. The highest BCUT2D eigenvalue weighted by Crippen LogP contribution is 2.17. The summed E-state index contributed by atoms with van der Waals surface area (Å²) in [5.41, 5.74) is -0.0301. The lowest BCUT2D eigenvalue weighted by atomic mass is 10.1. The molecule has 2 N–H and O–H groups in total. The van der Waals surface area contributed by atoms with Crippen molar-refractivity contribution in [2.24, 2.45) is 0 Å². The lowest BCUT2D eigenvalue weighted by Crippen LogP contribution is -2.46. The summed E-state index contributed by atoms with van der Waals surface area (Å²) in [7, 11) is -3.69. The van der Waals surface area contributed by atoms with Crippen LogP contribution in [-0.2, 0) is 10.0 Å². The monoisotopic (exact) mass is 326 g/mol. The second-order valence-electron chi connectivity index (χ2n) is 5.86. The lowest BCUT2D eigenvalue weighted by molar-refractivity contribution is 0.0696. The van der Waals surface area contributed by atoms with Crippen molar-refractivity contribution in [2.45, 2.75) is 43.7 Å². The quantitative estimate of drug-likeness (QED) is 0.857. The summed E-state index contributed by atoms with van der Waals surface area (Å²) < 4.78 is 27.4. The Morgan fingerprint density at radius 2 is 1.95 bits per heavy atom. The number of benzene rings is 1. The first kappa shape index (κ1) is 16.9. The minimum Gasteiger partial charge on any atom is -0.478 e. The number of carboxylic acid groups (broad SMARTS) is 1. The van der Waals surface area contributed by atoms with E-state index in [-0.39, 0.29) is 16.5 Å². The maximum absolute atomic E-state index is 12.4. The van der Waals surface area contributed by atoms with Crippen molar-refractivity contribution in [3.05, 3.63) is 29.8 Å². The molecule has 0 radical (unpaired) electrons. The highest BCUT2D eigenvalue weighted by molar-refractivity contribution is 7.89. The van der Waals surface area contributed by atoms with Crippen LogP contribution in [0.4, 0.5) is 0 Å². The third-order valence-corrected chi connectivity index (χ3v) is 5.49. The molecule has 7 heteroatoms. The van der Waals surface area contributed by atoms with Crippen molar-refractivity contribution < 1.29 is 18.3 Å². The first-order chi connectivity index (χ1) is 10.3. The van der Waals surface area contributed by atoms with Crippen LogP contribution in [0.1, 0.15) is 37.0 Å². The summed E-state index contributed by atoms with van der Waals surface area (Å²) in [6.07, 6.45) is 1.52. The number of piperidine rings is 1. The Morgan fingerprint density at radius 3 is 2.50 bits per heavy atom. The van der Waals surface area contributed by atoms with Gasteiger partial charge >= 0.3 is 5.97 Å². The van der Waals surface area contributed by atoms with Gasteiger partial charge in [0.2, 0.25) is 10.0 Å². The van der Waals surface area contributed by atoms with Gasteiger partial charge in [0.15, 0.2) is 0 Å². The van der Waals surface area contributed by atoms with Crippen LogP contribution in [-0.4, -0.2) is 49.6 Å². The second-order valence-corrected chi connectivity index (χ2v) is 7.57. The normalized spacial score (nSPS) is 17.8. The number of carbonyl (C=O) groups is 1. The predicted molar refractivity (Wildman–Crippen MR) is 83.5 cm³/mol. The maximum Gasteiger partial charge on any atom is 0.335 e. The molecular formula is C15H22N2O4S. The molecule has 0 unspecified atom stereocenters. The van der Waals surface area contributed by atoms with Crippen LogP contribution >= 0.6 is 0 Å². The van der Waals surface area contributed by atoms with E-state index in [9.17, 15) is 13.2 Å². The van der Waals surface area contributed by atoms with Crippen LogP contribution in [0.2, 0.25) is 0 Å². The van der Waals surface area contributed by atoms with Crippen LogP contribution in [0, 0.1) is 0 Å². The van der Waals surface area contributed by atoms with Gasteiger partial charge in [-0.1, -0.05) is 6.07 Å². The Hall–Kier alpha value is -1.44. The van der Waals surface area contributed by atoms with Gasteiger partial charge in [-0.15, -0.1) is 0 Å². The molecule has 0 saturated carbocycles. The average Bonchev–Trinajstić information content (AvgIpc) is 2.47. The number of rotatable bonds is 5. The zero-order chi connectivity index (χ0) is 16.3. The number of hydrogen-bond acceptors (Lipinski definition) is 4. The van der Waals surface area contributed by atoms with Crippen molar-refractivity contribution in [1.29, 1.82) is 0 Å². The van der Waals surface area contributed by atoms with Crippen molar-refractivity contribution >= 4 is 16.0 Å². The third kappa shape index (κ3) is 4.06. The summed E-state index contributed by atoms with van der Waals surface area (Å²) in [6, 6.07) is 5.78. The lowest BCUT2D eigenvalue weighted by Gasteiger charge is -2.34. The Bertz CT molecular complexity index is 635. The van der Waals surface area contributed by atoms with E-state index in [0.717, 1.165) is 25.9 Å². The van der Waals surface area contributed by atoms with E-state index in [1.807, 2.05) is 0 Å². The van der Waals surface area contributed by atoms with E-state index in [2.05, 4.69) is 23.5 Å². The molecule has 0 aromatic heterocycles. The van der Waals surface area contributed by atoms with Gasteiger partial charge in [-0.25, -0.2) is 17.9 Å². The van der Waals surface area contributed by atoms with Crippen molar-refractivity contribution in [1.82, 2.24) is 9.62 Å². The molecule has 6 nitrogen and oxygen atoms in total. The smallest absolute Gasteiger partial charge is 0.335 e. The average molecular weight is 326 g/mol. The molecule has 0 bridgehead atoms. The zero-order valence-electron chi connectivity index (χ0n) is 12.8. The van der Waals surface area contributed by atoms with Gasteiger partial charge in [-0.05, 0) is 58.0 Å². The molecule has 22 heavy (non-hydrogen) atoms. The third-order valence-electron chi connectivity index (χ3n) is 3.97. The Morgan fingerprint density at radius 1 is 1.32 bits per heavy atom. The largest absolute Gasteiger partial charge is 0.478 e. The molecule has 1 aromatic rings. The van der Waals surface area contributed by atoms with Crippen molar-refractivity contribution in [2.75, 3.05) is 13.1 Å². The fourth-order valence-corrected chi connectivity index (χ4v) is 3.97. The van der Waals surface area contributed by atoms with Crippen LogP contribution in [0.15, 0.2) is 29.2 Å². The number of nitrogens with one attached hydrogen (secondary N) is 1. The molecule has 1 aliphatic heterocycles. The zero-order valence-corrected chi connectivity index (χ0v) is 13.6. The topological polar surface area (TPSA) is 86.7 Å². The van der Waals surface area contributed by atoms with E-state index in [1.54, 1.807) is 0 Å². The molecule has 0 amide bonds. The summed E-state index contributed by atoms with van der Waals surface area (Å²) in [6.45, 7) is 5.98. The van der Waals surface area contributed by atoms with Gasteiger partial charge < -0.3 is 10.0 Å². The standard InChI is InChI=1S/C15H22N2O4S/c1-11(2)17-8-6-13(7-9-17)16-22(20,21)14-5-3-4-12(10-14)15(18)19/h3-5,10-11,13,16H,6-9H2,1-2H3,(H,18,19). The Kier molecular flexibility index (Phi) is 5.20. The van der Waals surface area contributed by atoms with E-state index in [1.165, 1.54) is 24.3 Å². The van der Waals surface area contributed by atoms with E-state index in [0.29, 0.717) is 6.04 Å². The fourth-order valence-electron chi connectivity index (χ4n) is 2.62. The minimum absolute atomic E-state index is 0.00121. The molecule has 122 valence electrons. The summed E-state index contributed by atoms with van der Waals surface area (Å²) in [4.78, 5) is 13.3. The molecule has 1 fully saturated rings. The molecule has 1 aliphatic rings. The number of likely N-dealkylation sites (tertiary alicyclic amines) is 1. The number of nitrogens with zero attached hydrogens (tertiary/aromatic N) is 1. The van der Waals surface area contributed by atoms with E-state index < -0.39 is 16.0 Å². The van der Waals surface area contributed by atoms with Gasteiger partial charge in [0, 0.05) is 12.1 Å². The summed E-state index contributed by atoms with van der Waals surface area (Å²) in [5.74, 6) is -1.14. The molecular weight excluding hydrogens is 304 g/mol. The van der Waals surface area contributed by atoms with Gasteiger partial charge in [-0.2, -0.15) is 0 Å². The van der Waals surface area contributed by atoms with Crippen LogP contribution in [0.3, 0.4) is 0 Å². The Balaban J connectivity index is 2.06. The van der Waals surface area contributed by atoms with Crippen molar-refractivity contribution in [3.63, 3.8) is 0 Å². The molecule has 1 aromatic carbocycles. The molecule has 1 heterocycles. The summed E-state index contributed by atoms with van der Waals surface area (Å²) in [5, 5.41) is 8.96. The first-order valence-corrected chi connectivity index (χ1v) is 8.87. The van der Waals surface area contributed by atoms with Gasteiger partial charge in [-0.3, -0.25) is 0 Å². The molecule has 2 rings (SSSR count). The van der Waals surface area contributed by atoms with Crippen molar-refractivity contribution in [3.8, 4) is 0 Å². The molecule has 0 aliphatic carbocycles. The highest BCUT2D eigenvalue weighted by atomic mass is 32.2. The van der Waals surface area contributed by atoms with Crippen LogP contribution in [0.5, 0.6) is 0 Å². The number of aromatic carboxylic acids is 1. The molecule has 1 saturated heterocycles. The fraction of sp³-hybridized carbons (Fsp3) is 0.533. The summed E-state index contributed by atoms with van der Waals surface area (Å²) >= 11 is 0. The van der Waals surface area contributed by atoms with E-state index >= 15 is 0 Å². The minimum atomic E-state index is -3.69. The van der Waals surface area contributed by atoms with Crippen LogP contribution in [0.25, 0.3) is 0 Å². The van der Waals surface area contributed by atoms with Crippen LogP contribution < -0.4 is 4.72 Å². The van der Waals surface area contributed by atoms with Gasteiger partial charge in [0.25, 0.3) is 0 Å². The number of sulfonamides is 1. The van der Waals surface area contributed by atoms with Gasteiger partial charge in [0.1, 0.15) is 0 Å². The van der Waals surface area contributed by atoms with E-state index in [4.69, 9.17) is 5.11 Å². The predicted octanol–water partition coefficient (Wildman–Crippen LogP) is 1.54. The molecule has 0 spiro atoms. The number of hydrogen-bond donors (Lipinski definition) is 2. The maximum atomic E-state index is 12.4. The SMILES string of the molecule is CC(C)N1CCC(NS(=O)(=O)c2cccc(C(=O)O)c2)CC1. The second kappa shape index (κ2) is 6.76.